The van der Waals surface area contributed by atoms with E-state index in [4.69, 9.17) is 0 Å². The molecular weight excluding hydrogens is 324 g/mol. The quantitative estimate of drug-likeness (QED) is 0.856. The van der Waals surface area contributed by atoms with Crippen molar-refractivity contribution in [2.24, 2.45) is 0 Å². The fourth-order valence-corrected chi connectivity index (χ4v) is 3.72. The molecule has 1 aliphatic rings. The zero-order valence-corrected chi connectivity index (χ0v) is 14.7. The van der Waals surface area contributed by atoms with Crippen LogP contribution in [-0.2, 0) is 0 Å². The lowest BCUT2D eigenvalue weighted by Gasteiger charge is -2.35. The fraction of sp³-hybridized carbons (Fsp3) is 0.412. The second kappa shape index (κ2) is 7.27. The van der Waals surface area contributed by atoms with Crippen molar-refractivity contribution in [3.63, 3.8) is 0 Å². The normalized spacial score (nSPS) is 15.9. The summed E-state index contributed by atoms with van der Waals surface area (Å²) in [6.45, 7) is 7.67. The van der Waals surface area contributed by atoms with Crippen LogP contribution in [0.5, 0.6) is 5.75 Å². The first-order chi connectivity index (χ1) is 11.6. The summed E-state index contributed by atoms with van der Waals surface area (Å²) in [6.07, 6.45) is 1.58. The Morgan fingerprint density at radius 1 is 1.12 bits per heavy atom. The molecule has 128 valence electrons. The van der Waals surface area contributed by atoms with Gasteiger partial charge in [0.1, 0.15) is 5.69 Å². The number of aromatic hydroxyl groups is 1. The van der Waals surface area contributed by atoms with Gasteiger partial charge in [-0.2, -0.15) is 9.78 Å². The molecule has 0 bridgehead atoms. The van der Waals surface area contributed by atoms with Gasteiger partial charge in [-0.15, -0.1) is 0 Å². The Kier molecular flexibility index (Phi) is 5.11. The van der Waals surface area contributed by atoms with E-state index in [2.05, 4.69) is 23.3 Å². The Hall–Kier alpha value is -1.99. The molecule has 24 heavy (non-hydrogen) atoms. The minimum Gasteiger partial charge on any atom is -0.501 e. The summed E-state index contributed by atoms with van der Waals surface area (Å²) >= 11 is 1.84. The second-order valence-corrected chi connectivity index (χ2v) is 7.67. The highest BCUT2D eigenvalue weighted by Crippen LogP contribution is 2.26. The molecule has 6 nitrogen and oxygen atoms in total. The van der Waals surface area contributed by atoms with Crippen molar-refractivity contribution < 1.29 is 5.11 Å². The number of aromatic nitrogens is 2. The molecule has 0 unspecified atom stereocenters. The SMILES string of the molecule is CC(C)SN1CCN(c2cnn(-c3ccccc3)c(=O)c2O)CC1. The monoisotopic (exact) mass is 346 g/mol. The second-order valence-electron chi connectivity index (χ2n) is 6.00. The van der Waals surface area contributed by atoms with Gasteiger partial charge in [-0.1, -0.05) is 44.0 Å². The number of rotatable bonds is 4. The zero-order chi connectivity index (χ0) is 17.1. The standard InChI is InChI=1S/C17H22N4O2S/c1-13(2)24-20-10-8-19(9-11-20)15-12-18-21(17(23)16(15)22)14-6-4-3-5-7-14/h3-7,12-13,22H,8-11H2,1-2H3. The van der Waals surface area contributed by atoms with Gasteiger partial charge in [0.25, 0.3) is 0 Å². The number of anilines is 1. The van der Waals surface area contributed by atoms with Crippen molar-refractivity contribution in [3.05, 3.63) is 46.9 Å². The van der Waals surface area contributed by atoms with Gasteiger partial charge in [0.15, 0.2) is 0 Å². The molecule has 1 aromatic carbocycles. The molecule has 1 N–H and O–H groups in total. The lowest BCUT2D eigenvalue weighted by Crippen LogP contribution is -2.44. The predicted octanol–water partition coefficient (Wildman–Crippen LogP) is 2.12. The van der Waals surface area contributed by atoms with Gasteiger partial charge in [0, 0.05) is 31.4 Å². The predicted molar refractivity (Wildman–Crippen MR) is 98.0 cm³/mol. The Balaban J connectivity index is 1.79. The Labute approximate surface area is 145 Å². The van der Waals surface area contributed by atoms with Gasteiger partial charge in [0.05, 0.1) is 11.9 Å². The number of hydrogen-bond donors (Lipinski definition) is 1. The fourth-order valence-electron chi connectivity index (χ4n) is 2.75. The van der Waals surface area contributed by atoms with Crippen molar-refractivity contribution in [3.8, 4) is 11.4 Å². The van der Waals surface area contributed by atoms with E-state index < -0.39 is 5.56 Å². The molecule has 1 aliphatic heterocycles. The van der Waals surface area contributed by atoms with Crippen molar-refractivity contribution in [1.82, 2.24) is 14.1 Å². The maximum absolute atomic E-state index is 12.5. The van der Waals surface area contributed by atoms with E-state index in [1.807, 2.05) is 35.0 Å². The molecule has 7 heteroatoms. The lowest BCUT2D eigenvalue weighted by atomic mass is 10.3. The van der Waals surface area contributed by atoms with Gasteiger partial charge < -0.3 is 10.0 Å². The molecule has 1 saturated heterocycles. The van der Waals surface area contributed by atoms with Crippen molar-refractivity contribution in [2.75, 3.05) is 31.1 Å². The van der Waals surface area contributed by atoms with Crippen LogP contribution in [0.15, 0.2) is 41.3 Å². The summed E-state index contributed by atoms with van der Waals surface area (Å²) in [7, 11) is 0. The van der Waals surface area contributed by atoms with Crippen molar-refractivity contribution in [1.29, 1.82) is 0 Å². The summed E-state index contributed by atoms with van der Waals surface area (Å²) in [4.78, 5) is 14.5. The first-order valence-corrected chi connectivity index (χ1v) is 8.93. The van der Waals surface area contributed by atoms with Gasteiger partial charge in [-0.05, 0) is 12.1 Å². The maximum atomic E-state index is 12.5. The van der Waals surface area contributed by atoms with E-state index in [-0.39, 0.29) is 5.75 Å². The summed E-state index contributed by atoms with van der Waals surface area (Å²) in [6, 6.07) is 9.11. The van der Waals surface area contributed by atoms with E-state index in [0.29, 0.717) is 16.6 Å². The third-order valence-electron chi connectivity index (χ3n) is 3.87. The third-order valence-corrected chi connectivity index (χ3v) is 4.96. The van der Waals surface area contributed by atoms with Crippen LogP contribution in [0.1, 0.15) is 13.8 Å². The molecule has 3 rings (SSSR count). The highest BCUT2D eigenvalue weighted by Gasteiger charge is 2.22. The van der Waals surface area contributed by atoms with Crippen LogP contribution in [0, 0.1) is 0 Å². The van der Waals surface area contributed by atoms with Crippen LogP contribution in [0.3, 0.4) is 0 Å². The van der Waals surface area contributed by atoms with Crippen LogP contribution < -0.4 is 10.5 Å². The molecular formula is C17H22N4O2S. The minimum absolute atomic E-state index is 0.237. The third kappa shape index (κ3) is 3.57. The first-order valence-electron chi connectivity index (χ1n) is 8.09. The zero-order valence-electron chi connectivity index (χ0n) is 13.9. The molecule has 1 fully saturated rings. The largest absolute Gasteiger partial charge is 0.501 e. The van der Waals surface area contributed by atoms with E-state index in [9.17, 15) is 9.90 Å². The van der Waals surface area contributed by atoms with Gasteiger partial charge in [-0.3, -0.25) is 4.79 Å². The summed E-state index contributed by atoms with van der Waals surface area (Å²) < 4.78 is 3.56. The molecule has 2 aromatic rings. The van der Waals surface area contributed by atoms with E-state index in [1.54, 1.807) is 18.3 Å². The van der Waals surface area contributed by atoms with Crippen molar-refractivity contribution in [2.45, 2.75) is 19.1 Å². The summed E-state index contributed by atoms with van der Waals surface area (Å²) in [5.74, 6) is -0.237. The Bertz CT molecular complexity index is 740. The van der Waals surface area contributed by atoms with Gasteiger partial charge in [0.2, 0.25) is 5.75 Å². The smallest absolute Gasteiger partial charge is 0.315 e. The van der Waals surface area contributed by atoms with Crippen molar-refractivity contribution >= 4 is 17.6 Å². The molecule has 0 saturated carbocycles. The highest BCUT2D eigenvalue weighted by atomic mass is 32.2. The number of hydrogen-bond acceptors (Lipinski definition) is 6. The van der Waals surface area contributed by atoms with E-state index in [0.717, 1.165) is 26.2 Å². The average molecular weight is 346 g/mol. The molecule has 0 atom stereocenters. The number of nitrogens with zero attached hydrogens (tertiary/aromatic N) is 4. The van der Waals surface area contributed by atoms with E-state index in [1.165, 1.54) is 4.68 Å². The van der Waals surface area contributed by atoms with Gasteiger partial charge >= 0.3 is 5.56 Å². The number of benzene rings is 1. The Morgan fingerprint density at radius 2 is 1.79 bits per heavy atom. The lowest BCUT2D eigenvalue weighted by molar-refractivity contribution is 0.416. The maximum Gasteiger partial charge on any atom is 0.315 e. The molecule has 2 heterocycles. The van der Waals surface area contributed by atoms with Crippen LogP contribution >= 0.6 is 11.9 Å². The summed E-state index contributed by atoms with van der Waals surface area (Å²) in [5.41, 5.74) is 0.668. The Morgan fingerprint density at radius 3 is 2.42 bits per heavy atom. The first kappa shape index (κ1) is 16.9. The molecule has 0 radical (unpaired) electrons. The molecule has 1 aromatic heterocycles. The molecule has 0 amide bonds. The van der Waals surface area contributed by atoms with Crippen LogP contribution in [0.25, 0.3) is 5.69 Å². The minimum atomic E-state index is -0.488. The number of para-hydroxylation sites is 1. The summed E-state index contributed by atoms with van der Waals surface area (Å²) in [5, 5.41) is 15.2. The average Bonchev–Trinajstić information content (AvgIpc) is 2.58. The topological polar surface area (TPSA) is 61.6 Å². The van der Waals surface area contributed by atoms with Crippen LogP contribution in [-0.4, -0.2) is 50.6 Å². The van der Waals surface area contributed by atoms with Crippen LogP contribution in [0.2, 0.25) is 0 Å². The number of piperazine rings is 1. The molecule has 0 spiro atoms. The highest BCUT2D eigenvalue weighted by molar-refractivity contribution is 7.97. The molecule has 0 aliphatic carbocycles. The van der Waals surface area contributed by atoms with E-state index >= 15 is 0 Å². The van der Waals surface area contributed by atoms with Crippen LogP contribution in [0.4, 0.5) is 5.69 Å². The van der Waals surface area contributed by atoms with Gasteiger partial charge in [-0.25, -0.2) is 4.31 Å².